The maximum Gasteiger partial charge on any atom is 0.300 e. The number of phenols is 1. The number of hydrogen-bond acceptors (Lipinski definition) is 12. The minimum absolute atomic E-state index is 0.0504. The molecule has 1 heterocycles. The number of anilines is 2. The Morgan fingerprint density at radius 1 is 1.11 bits per heavy atom. The van der Waals surface area contributed by atoms with E-state index < -0.39 is 75.5 Å². The molecule has 0 radical (unpaired) electrons. The molecular formula is C31H30N4O9. The lowest BCUT2D eigenvalue weighted by Gasteiger charge is -2.52. The number of carbonyl (C=O) groups is 3. The van der Waals surface area contributed by atoms with Gasteiger partial charge in [-0.05, 0) is 39.1 Å². The molecule has 44 heavy (non-hydrogen) atoms. The Morgan fingerprint density at radius 3 is 2.43 bits per heavy atom. The number of aliphatic hydroxyl groups excluding tert-OH is 3. The van der Waals surface area contributed by atoms with E-state index >= 15 is 0 Å². The Balaban J connectivity index is 1.45. The SMILES string of the molecule is Cc1oc(Nc2ccc3c(c2O)C(O)=C2C(=O)[C@@]4(O)C(O)=C(C(N)=O)C(=O)[C@H](N(C)C)[C@H]4[C@H](O)[C@H]2C3)nc1-c1ccccc1. The zero-order valence-corrected chi connectivity index (χ0v) is 23.9. The highest BCUT2D eigenvalue weighted by molar-refractivity contribution is 6.24. The number of fused-ring (bicyclic) bond motifs is 3. The van der Waals surface area contributed by atoms with Gasteiger partial charge >= 0.3 is 0 Å². The molecule has 0 saturated heterocycles. The van der Waals surface area contributed by atoms with Gasteiger partial charge in [0.05, 0.1) is 29.3 Å². The van der Waals surface area contributed by atoms with Crippen molar-refractivity contribution >= 4 is 34.9 Å². The van der Waals surface area contributed by atoms with Gasteiger partial charge < -0.3 is 41.0 Å². The van der Waals surface area contributed by atoms with Crippen LogP contribution in [0, 0.1) is 18.8 Å². The van der Waals surface area contributed by atoms with E-state index in [4.69, 9.17) is 10.2 Å². The third-order valence-corrected chi connectivity index (χ3v) is 8.76. The first kappa shape index (κ1) is 29.1. The van der Waals surface area contributed by atoms with Gasteiger partial charge in [-0.15, -0.1) is 0 Å². The van der Waals surface area contributed by atoms with E-state index in [2.05, 4.69) is 10.3 Å². The number of amides is 1. The molecule has 0 unspecified atom stereocenters. The van der Waals surface area contributed by atoms with Crippen molar-refractivity contribution in [1.82, 2.24) is 9.88 Å². The maximum atomic E-state index is 14.0. The quantitative estimate of drug-likeness (QED) is 0.164. The average Bonchev–Trinajstić information content (AvgIpc) is 3.34. The average molecular weight is 603 g/mol. The number of hydrogen-bond donors (Lipinski definition) is 7. The minimum Gasteiger partial charge on any atom is -0.508 e. The van der Waals surface area contributed by atoms with Crippen molar-refractivity contribution < 1.29 is 44.3 Å². The summed E-state index contributed by atoms with van der Waals surface area (Å²) in [5, 5.41) is 59.9. The second-order valence-electron chi connectivity index (χ2n) is 11.5. The molecule has 0 spiro atoms. The summed E-state index contributed by atoms with van der Waals surface area (Å²) in [6.07, 6.45) is -1.72. The van der Waals surface area contributed by atoms with Gasteiger partial charge in [-0.1, -0.05) is 36.4 Å². The van der Waals surface area contributed by atoms with Gasteiger partial charge in [-0.3, -0.25) is 19.3 Å². The normalized spacial score (nSPS) is 26.4. The van der Waals surface area contributed by atoms with Crippen LogP contribution in [0.4, 0.5) is 11.7 Å². The molecule has 8 N–H and O–H groups in total. The van der Waals surface area contributed by atoms with Crippen molar-refractivity contribution in [3.8, 4) is 17.0 Å². The van der Waals surface area contributed by atoms with E-state index in [0.29, 0.717) is 17.0 Å². The summed E-state index contributed by atoms with van der Waals surface area (Å²) in [6, 6.07) is 11.0. The molecule has 1 amide bonds. The lowest BCUT2D eigenvalue weighted by molar-refractivity contribution is -0.168. The van der Waals surface area contributed by atoms with E-state index in [9.17, 15) is 39.9 Å². The molecule has 3 aliphatic rings. The van der Waals surface area contributed by atoms with Crippen LogP contribution in [-0.2, 0) is 20.8 Å². The van der Waals surface area contributed by atoms with Gasteiger partial charge in [0, 0.05) is 17.1 Å². The Bertz CT molecular complexity index is 1810. The summed E-state index contributed by atoms with van der Waals surface area (Å²) in [4.78, 5) is 45.2. The van der Waals surface area contributed by atoms with E-state index in [1.165, 1.54) is 25.1 Å². The zero-order chi connectivity index (χ0) is 31.8. The number of benzene rings is 2. The molecule has 5 atom stereocenters. The number of aliphatic hydroxyl groups is 4. The lowest BCUT2D eigenvalue weighted by atomic mass is 9.56. The van der Waals surface area contributed by atoms with Crippen molar-refractivity contribution in [2.45, 2.75) is 31.1 Å². The monoisotopic (exact) mass is 602 g/mol. The second-order valence-corrected chi connectivity index (χ2v) is 11.5. The summed E-state index contributed by atoms with van der Waals surface area (Å²) in [7, 11) is 2.90. The fraction of sp³-hybridized carbons (Fsp3) is 0.290. The van der Waals surface area contributed by atoms with Crippen LogP contribution < -0.4 is 11.1 Å². The van der Waals surface area contributed by atoms with Crippen LogP contribution in [0.2, 0.25) is 0 Å². The van der Waals surface area contributed by atoms with E-state index in [0.717, 1.165) is 5.56 Å². The summed E-state index contributed by atoms with van der Waals surface area (Å²) < 4.78 is 5.74. The maximum absolute atomic E-state index is 14.0. The predicted molar refractivity (Wildman–Crippen MR) is 156 cm³/mol. The largest absolute Gasteiger partial charge is 0.508 e. The standard InChI is InChI=1S/C31H30N4O9/c1-12-21(13-7-5-4-6-8-13)34-30(44-12)33-16-10-9-14-11-15-18(25(38)17(14)24(16)37)27(40)31(43)20(23(15)36)22(35(2)3)26(39)19(28(31)41)29(32)42/h4-10,15,20,22-23,36-38,41,43H,11H2,1-3H3,(H2,32,42)(H,33,34)/t15-,20-,22+,23+,31+/m0/s1. The van der Waals surface area contributed by atoms with Crippen LogP contribution in [0.3, 0.4) is 0 Å². The minimum atomic E-state index is -2.97. The summed E-state index contributed by atoms with van der Waals surface area (Å²) in [5.41, 5.74) is 2.61. The topological polar surface area (TPSA) is 220 Å². The van der Waals surface area contributed by atoms with Crippen LogP contribution >= 0.6 is 0 Å². The molecular weight excluding hydrogens is 572 g/mol. The number of nitrogens with two attached hydrogens (primary N) is 1. The molecule has 3 aliphatic carbocycles. The van der Waals surface area contributed by atoms with Crippen molar-refractivity contribution in [2.75, 3.05) is 19.4 Å². The molecule has 1 saturated carbocycles. The first-order valence-electron chi connectivity index (χ1n) is 13.8. The van der Waals surface area contributed by atoms with Crippen molar-refractivity contribution in [1.29, 1.82) is 0 Å². The van der Waals surface area contributed by atoms with Crippen LogP contribution in [-0.4, -0.2) is 84.7 Å². The third-order valence-electron chi connectivity index (χ3n) is 8.76. The Kier molecular flexibility index (Phi) is 6.65. The molecule has 6 rings (SSSR count). The fourth-order valence-corrected chi connectivity index (χ4v) is 6.76. The predicted octanol–water partition coefficient (Wildman–Crippen LogP) is 1.64. The van der Waals surface area contributed by atoms with Gasteiger partial charge in [0.2, 0.25) is 5.78 Å². The van der Waals surface area contributed by atoms with E-state index in [1.807, 2.05) is 30.3 Å². The van der Waals surface area contributed by atoms with Crippen molar-refractivity contribution in [2.24, 2.45) is 17.6 Å². The number of primary amides is 1. The highest BCUT2D eigenvalue weighted by Gasteiger charge is 2.67. The van der Waals surface area contributed by atoms with Gasteiger partial charge in [-0.25, -0.2) is 0 Å². The number of Topliss-reactive ketones (excluding diaryl/α,β-unsaturated/α-hetero) is 2. The highest BCUT2D eigenvalue weighted by atomic mass is 16.4. The number of carbonyl (C=O) groups excluding carboxylic acids is 3. The molecule has 2 aromatic carbocycles. The molecule has 0 aliphatic heterocycles. The Morgan fingerprint density at radius 2 is 1.80 bits per heavy atom. The van der Waals surface area contributed by atoms with Crippen LogP contribution in [0.25, 0.3) is 17.0 Å². The van der Waals surface area contributed by atoms with Gasteiger partial charge in [0.1, 0.15) is 34.3 Å². The number of oxazole rings is 1. The Hall–Kier alpha value is -4.98. The molecule has 1 fully saturated rings. The molecule has 228 valence electrons. The number of rotatable bonds is 5. The number of aromatic hydroxyl groups is 1. The number of phenolic OH excluding ortho intramolecular Hbond substituents is 1. The first-order valence-corrected chi connectivity index (χ1v) is 13.8. The zero-order valence-electron chi connectivity index (χ0n) is 23.9. The molecule has 13 nitrogen and oxygen atoms in total. The summed E-state index contributed by atoms with van der Waals surface area (Å²) >= 11 is 0. The molecule has 1 aromatic heterocycles. The van der Waals surface area contributed by atoms with Crippen LogP contribution in [0.1, 0.15) is 16.9 Å². The molecule has 13 heteroatoms. The molecule has 3 aromatic rings. The van der Waals surface area contributed by atoms with E-state index in [-0.39, 0.29) is 23.7 Å². The number of aryl methyl sites for hydroxylation is 1. The molecule has 0 bridgehead atoms. The van der Waals surface area contributed by atoms with Crippen LogP contribution in [0.5, 0.6) is 5.75 Å². The van der Waals surface area contributed by atoms with Gasteiger partial charge in [0.15, 0.2) is 11.4 Å². The number of ketones is 2. The van der Waals surface area contributed by atoms with Crippen molar-refractivity contribution in [3.05, 3.63) is 76.3 Å². The smallest absolute Gasteiger partial charge is 0.300 e. The van der Waals surface area contributed by atoms with E-state index in [1.54, 1.807) is 13.0 Å². The summed E-state index contributed by atoms with van der Waals surface area (Å²) in [5.74, 6) is -8.28. The third kappa shape index (κ3) is 3.97. The van der Waals surface area contributed by atoms with Crippen LogP contribution in [0.15, 0.2) is 63.8 Å². The first-order chi connectivity index (χ1) is 20.8. The van der Waals surface area contributed by atoms with Gasteiger partial charge in [0.25, 0.3) is 11.9 Å². The fourth-order valence-electron chi connectivity index (χ4n) is 6.76. The van der Waals surface area contributed by atoms with Crippen molar-refractivity contribution in [3.63, 3.8) is 0 Å². The number of nitrogens with zero attached hydrogens (tertiary/aromatic N) is 2. The highest BCUT2D eigenvalue weighted by Crippen LogP contribution is 2.53. The number of likely N-dealkylation sites (N-methyl/N-ethyl adjacent to an activating group) is 1. The van der Waals surface area contributed by atoms with Gasteiger partial charge in [-0.2, -0.15) is 4.98 Å². The summed E-state index contributed by atoms with van der Waals surface area (Å²) in [6.45, 7) is 1.73. The number of aromatic nitrogens is 1. The second kappa shape index (κ2) is 10.0. The lowest BCUT2D eigenvalue weighted by Crippen LogP contribution is -2.70. The number of nitrogens with one attached hydrogen (secondary N) is 1. The Labute approximate surface area is 250 Å².